The molecule has 0 aliphatic carbocycles. The van der Waals surface area contributed by atoms with Gasteiger partial charge in [0.1, 0.15) is 0 Å². The Labute approximate surface area is 167 Å². The summed E-state index contributed by atoms with van der Waals surface area (Å²) in [5.41, 5.74) is 1.63. The van der Waals surface area contributed by atoms with E-state index in [0.29, 0.717) is 31.8 Å². The van der Waals surface area contributed by atoms with E-state index in [1.165, 1.54) is 0 Å². The van der Waals surface area contributed by atoms with Crippen molar-refractivity contribution >= 4 is 17.8 Å². The van der Waals surface area contributed by atoms with Crippen LogP contribution in [0.25, 0.3) is 0 Å². The van der Waals surface area contributed by atoms with Gasteiger partial charge in [0.2, 0.25) is 5.91 Å². The van der Waals surface area contributed by atoms with E-state index in [1.807, 2.05) is 31.0 Å². The highest BCUT2D eigenvalue weighted by molar-refractivity contribution is 5.93. The Hall–Kier alpha value is -2.41. The van der Waals surface area contributed by atoms with Crippen LogP contribution in [0.4, 0.5) is 0 Å². The highest BCUT2D eigenvalue weighted by Crippen LogP contribution is 2.20. The fourth-order valence-electron chi connectivity index (χ4n) is 3.41. The van der Waals surface area contributed by atoms with Crippen LogP contribution < -0.4 is 5.32 Å². The van der Waals surface area contributed by atoms with Crippen molar-refractivity contribution in [3.8, 4) is 0 Å². The second-order valence-corrected chi connectivity index (χ2v) is 7.24. The fraction of sp³-hybridized carbons (Fsp3) is 0.571. The molecule has 1 aliphatic rings. The molecule has 1 aromatic rings. The van der Waals surface area contributed by atoms with E-state index in [-0.39, 0.29) is 29.7 Å². The van der Waals surface area contributed by atoms with Crippen LogP contribution in [0.15, 0.2) is 24.3 Å². The normalized spacial score (nSPS) is 17.9. The van der Waals surface area contributed by atoms with Crippen LogP contribution >= 0.6 is 0 Å². The molecular formula is C21H31N3O4. The Bertz CT molecular complexity index is 689. The van der Waals surface area contributed by atoms with Crippen LogP contribution in [-0.2, 0) is 20.9 Å². The maximum atomic E-state index is 12.9. The topological polar surface area (TPSA) is 79.0 Å². The number of amides is 2. The van der Waals surface area contributed by atoms with Crippen molar-refractivity contribution in [1.82, 2.24) is 15.1 Å². The molecule has 7 heteroatoms. The zero-order valence-electron chi connectivity index (χ0n) is 17.2. The summed E-state index contributed by atoms with van der Waals surface area (Å²) >= 11 is 0. The van der Waals surface area contributed by atoms with E-state index < -0.39 is 0 Å². The molecule has 0 spiro atoms. The molecule has 1 heterocycles. The maximum Gasteiger partial charge on any atom is 0.310 e. The number of hydrogen-bond acceptors (Lipinski definition) is 5. The van der Waals surface area contributed by atoms with E-state index >= 15 is 0 Å². The lowest BCUT2D eigenvalue weighted by atomic mass is 9.97. The summed E-state index contributed by atoms with van der Waals surface area (Å²) in [6.45, 7) is 5.73. The van der Waals surface area contributed by atoms with Gasteiger partial charge in [-0.3, -0.25) is 19.3 Å². The minimum atomic E-state index is -0.306. The molecule has 1 N–H and O–H groups in total. The first-order valence-corrected chi connectivity index (χ1v) is 9.84. The Kier molecular flexibility index (Phi) is 7.99. The molecule has 1 fully saturated rings. The van der Waals surface area contributed by atoms with Gasteiger partial charge < -0.3 is 15.0 Å². The standard InChI is InChI=1S/C21H31N3O4/c1-5-28-21(27)18-7-6-12-24(14-18)20(26)15(2)23(4)13-16-8-10-17(11-9-16)19(25)22-3/h8-11,15,18H,5-7,12-14H2,1-4H3,(H,22,25). The third-order valence-corrected chi connectivity index (χ3v) is 5.25. The number of piperidine rings is 1. The molecule has 0 saturated carbocycles. The highest BCUT2D eigenvalue weighted by atomic mass is 16.5. The third-order valence-electron chi connectivity index (χ3n) is 5.25. The largest absolute Gasteiger partial charge is 0.466 e. The lowest BCUT2D eigenvalue weighted by Gasteiger charge is -2.35. The van der Waals surface area contributed by atoms with Gasteiger partial charge in [-0.15, -0.1) is 0 Å². The summed E-state index contributed by atoms with van der Waals surface area (Å²) in [5.74, 6) is -0.534. The molecule has 1 saturated heterocycles. The van der Waals surface area contributed by atoms with Gasteiger partial charge in [0, 0.05) is 32.2 Å². The smallest absolute Gasteiger partial charge is 0.310 e. The van der Waals surface area contributed by atoms with Crippen LogP contribution in [0.5, 0.6) is 0 Å². The molecule has 0 aromatic heterocycles. The summed E-state index contributed by atoms with van der Waals surface area (Å²) < 4.78 is 5.12. The van der Waals surface area contributed by atoms with Gasteiger partial charge in [0.15, 0.2) is 0 Å². The molecule has 154 valence electrons. The van der Waals surface area contributed by atoms with Gasteiger partial charge in [0.25, 0.3) is 5.91 Å². The van der Waals surface area contributed by atoms with Gasteiger partial charge in [-0.1, -0.05) is 12.1 Å². The monoisotopic (exact) mass is 389 g/mol. The summed E-state index contributed by atoms with van der Waals surface area (Å²) in [7, 11) is 3.51. The lowest BCUT2D eigenvalue weighted by molar-refractivity contribution is -0.152. The van der Waals surface area contributed by atoms with Crippen LogP contribution in [0.2, 0.25) is 0 Å². The van der Waals surface area contributed by atoms with Crippen molar-refractivity contribution in [3.63, 3.8) is 0 Å². The molecular weight excluding hydrogens is 358 g/mol. The Balaban J connectivity index is 1.94. The molecule has 2 unspecified atom stereocenters. The maximum absolute atomic E-state index is 12.9. The number of likely N-dealkylation sites (N-methyl/N-ethyl adjacent to an activating group) is 1. The van der Waals surface area contributed by atoms with Gasteiger partial charge in [-0.05, 0) is 51.4 Å². The minimum absolute atomic E-state index is 0.0264. The van der Waals surface area contributed by atoms with Gasteiger partial charge in [0.05, 0.1) is 18.6 Å². The van der Waals surface area contributed by atoms with E-state index in [9.17, 15) is 14.4 Å². The van der Waals surface area contributed by atoms with E-state index in [2.05, 4.69) is 5.32 Å². The number of nitrogens with one attached hydrogen (secondary N) is 1. The third kappa shape index (κ3) is 5.55. The van der Waals surface area contributed by atoms with E-state index in [4.69, 9.17) is 4.74 Å². The minimum Gasteiger partial charge on any atom is -0.466 e. The molecule has 0 radical (unpaired) electrons. The number of esters is 1. The number of rotatable bonds is 7. The van der Waals surface area contributed by atoms with Crippen LogP contribution in [-0.4, -0.2) is 67.4 Å². The van der Waals surface area contributed by atoms with Crippen LogP contribution in [0, 0.1) is 5.92 Å². The average Bonchev–Trinajstić information content (AvgIpc) is 2.72. The Morgan fingerprint density at radius 3 is 2.57 bits per heavy atom. The summed E-state index contributed by atoms with van der Waals surface area (Å²) in [6, 6.07) is 7.05. The number of likely N-dealkylation sites (tertiary alicyclic amines) is 1. The molecule has 7 nitrogen and oxygen atoms in total. The van der Waals surface area contributed by atoms with Gasteiger partial charge >= 0.3 is 5.97 Å². The van der Waals surface area contributed by atoms with E-state index in [1.54, 1.807) is 31.0 Å². The van der Waals surface area contributed by atoms with Crippen molar-refractivity contribution in [2.45, 2.75) is 39.3 Å². The van der Waals surface area contributed by atoms with Crippen LogP contribution in [0.3, 0.4) is 0 Å². The molecule has 2 amide bonds. The second-order valence-electron chi connectivity index (χ2n) is 7.24. The van der Waals surface area contributed by atoms with Crippen molar-refractivity contribution in [1.29, 1.82) is 0 Å². The zero-order valence-corrected chi connectivity index (χ0v) is 17.2. The molecule has 0 bridgehead atoms. The lowest BCUT2D eigenvalue weighted by Crippen LogP contribution is -2.50. The average molecular weight is 389 g/mol. The van der Waals surface area contributed by atoms with Crippen molar-refractivity contribution < 1.29 is 19.1 Å². The highest BCUT2D eigenvalue weighted by Gasteiger charge is 2.32. The number of hydrogen-bond donors (Lipinski definition) is 1. The number of carbonyl (C=O) groups excluding carboxylic acids is 3. The molecule has 2 rings (SSSR count). The fourth-order valence-corrected chi connectivity index (χ4v) is 3.41. The first-order chi connectivity index (χ1) is 13.4. The second kappa shape index (κ2) is 10.2. The SMILES string of the molecule is CCOC(=O)C1CCCN(C(=O)C(C)N(C)Cc2ccc(C(=O)NC)cc2)C1. The molecule has 28 heavy (non-hydrogen) atoms. The van der Waals surface area contributed by atoms with Crippen molar-refractivity contribution in [2.75, 3.05) is 33.8 Å². The number of benzene rings is 1. The Morgan fingerprint density at radius 1 is 1.29 bits per heavy atom. The predicted molar refractivity (Wildman–Crippen MR) is 107 cm³/mol. The Morgan fingerprint density at radius 2 is 1.96 bits per heavy atom. The molecule has 1 aliphatic heterocycles. The van der Waals surface area contributed by atoms with Crippen molar-refractivity contribution in [3.05, 3.63) is 35.4 Å². The summed E-state index contributed by atoms with van der Waals surface area (Å²) in [6.07, 6.45) is 1.58. The molecule has 1 aromatic carbocycles. The van der Waals surface area contributed by atoms with E-state index in [0.717, 1.165) is 18.4 Å². The number of ether oxygens (including phenoxy) is 1. The predicted octanol–water partition coefficient (Wildman–Crippen LogP) is 1.67. The zero-order chi connectivity index (χ0) is 20.7. The van der Waals surface area contributed by atoms with Gasteiger partial charge in [-0.2, -0.15) is 0 Å². The van der Waals surface area contributed by atoms with Gasteiger partial charge in [-0.25, -0.2) is 0 Å². The number of nitrogens with zero attached hydrogens (tertiary/aromatic N) is 2. The van der Waals surface area contributed by atoms with Crippen molar-refractivity contribution in [2.24, 2.45) is 5.92 Å². The van der Waals surface area contributed by atoms with Crippen LogP contribution in [0.1, 0.15) is 42.6 Å². The summed E-state index contributed by atoms with van der Waals surface area (Å²) in [4.78, 5) is 40.3. The molecule has 2 atom stereocenters. The quantitative estimate of drug-likeness (QED) is 0.718. The number of carbonyl (C=O) groups is 3. The first-order valence-electron chi connectivity index (χ1n) is 9.84. The first kappa shape index (κ1) is 21.9. The summed E-state index contributed by atoms with van der Waals surface area (Å²) in [5, 5.41) is 2.60.